The Labute approximate surface area is 177 Å². The molecule has 4 nitrogen and oxygen atoms in total. The van der Waals surface area contributed by atoms with Gasteiger partial charge in [0.15, 0.2) is 0 Å². The lowest BCUT2D eigenvalue weighted by molar-refractivity contribution is -0.134. The van der Waals surface area contributed by atoms with Gasteiger partial charge in [0.25, 0.3) is 0 Å². The van der Waals surface area contributed by atoms with Crippen LogP contribution >= 0.6 is 0 Å². The predicted molar refractivity (Wildman–Crippen MR) is 118 cm³/mol. The van der Waals surface area contributed by atoms with Crippen molar-refractivity contribution in [1.29, 1.82) is 0 Å². The molecule has 1 heterocycles. The summed E-state index contributed by atoms with van der Waals surface area (Å²) in [4.78, 5) is 25.4. The van der Waals surface area contributed by atoms with Crippen molar-refractivity contribution in [1.82, 2.24) is 4.81 Å². The van der Waals surface area contributed by atoms with Crippen molar-refractivity contribution in [3.63, 3.8) is 0 Å². The van der Waals surface area contributed by atoms with Gasteiger partial charge in [-0.2, -0.15) is 0 Å². The van der Waals surface area contributed by atoms with E-state index in [-0.39, 0.29) is 11.9 Å². The van der Waals surface area contributed by atoms with Crippen molar-refractivity contribution >= 4 is 19.5 Å². The van der Waals surface area contributed by atoms with Gasteiger partial charge >= 0.3 is 7.41 Å². The summed E-state index contributed by atoms with van der Waals surface area (Å²) in [5, 5.41) is 0. The zero-order chi connectivity index (χ0) is 20.8. The van der Waals surface area contributed by atoms with Gasteiger partial charge in [-0.05, 0) is 28.7 Å². The average molecular weight is 396 g/mol. The van der Waals surface area contributed by atoms with Crippen molar-refractivity contribution in [2.75, 3.05) is 0 Å². The number of rotatable bonds is 8. The van der Waals surface area contributed by atoms with Crippen LogP contribution in [0.2, 0.25) is 0 Å². The summed E-state index contributed by atoms with van der Waals surface area (Å²) in [5.74, 6) is -0.149. The van der Waals surface area contributed by atoms with Gasteiger partial charge < -0.3 is 14.3 Å². The van der Waals surface area contributed by atoms with Gasteiger partial charge in [0.05, 0.1) is 6.61 Å². The monoisotopic (exact) mass is 396 g/mol. The molecule has 0 bridgehead atoms. The van der Waals surface area contributed by atoms with E-state index in [2.05, 4.69) is 36.4 Å². The molecule has 1 saturated heterocycles. The number of nitrogens with zero attached hydrogens (tertiary/aromatic N) is 1. The van der Waals surface area contributed by atoms with E-state index in [0.29, 0.717) is 25.6 Å². The van der Waals surface area contributed by atoms with E-state index in [1.165, 1.54) is 17.8 Å². The quantitative estimate of drug-likeness (QED) is 0.429. The van der Waals surface area contributed by atoms with Crippen LogP contribution in [0.4, 0.5) is 0 Å². The van der Waals surface area contributed by atoms with Gasteiger partial charge in [0.2, 0.25) is 5.91 Å². The lowest BCUT2D eigenvalue weighted by Crippen LogP contribution is -2.39. The molecule has 3 aromatic rings. The third kappa shape index (κ3) is 4.69. The molecule has 0 aromatic heterocycles. The van der Waals surface area contributed by atoms with Crippen molar-refractivity contribution in [3.05, 3.63) is 96.1 Å². The summed E-state index contributed by atoms with van der Waals surface area (Å²) in [6, 6.07) is 28.3. The molecule has 0 unspecified atom stereocenters. The molecule has 149 valence electrons. The second-order valence-corrected chi connectivity index (χ2v) is 7.47. The first-order chi connectivity index (χ1) is 14.7. The van der Waals surface area contributed by atoms with E-state index < -0.39 is 6.10 Å². The van der Waals surface area contributed by atoms with Gasteiger partial charge in [0, 0.05) is 12.5 Å². The third-order valence-corrected chi connectivity index (χ3v) is 5.46. The smallest absolute Gasteiger partial charge is 0.331 e. The molecule has 0 aliphatic carbocycles. The Bertz CT molecular complexity index is 976. The highest BCUT2D eigenvalue weighted by Crippen LogP contribution is 2.26. The van der Waals surface area contributed by atoms with Gasteiger partial charge in [-0.3, -0.25) is 4.79 Å². The van der Waals surface area contributed by atoms with E-state index in [0.717, 1.165) is 16.7 Å². The highest BCUT2D eigenvalue weighted by atomic mass is 16.5. The Kier molecular flexibility index (Phi) is 6.40. The van der Waals surface area contributed by atoms with Gasteiger partial charge in [-0.1, -0.05) is 84.9 Å². The number of carbonyl (C=O) groups is 2. The van der Waals surface area contributed by atoms with E-state index in [4.69, 9.17) is 4.74 Å². The first kappa shape index (κ1) is 20.1. The number of carbonyl (C=O) groups excluding carboxylic acids is 2. The number of ether oxygens (including phenoxy) is 1. The second-order valence-electron chi connectivity index (χ2n) is 7.47. The molecule has 5 heteroatoms. The highest BCUT2D eigenvalue weighted by Gasteiger charge is 2.39. The van der Waals surface area contributed by atoms with Crippen LogP contribution in [-0.4, -0.2) is 36.5 Å². The maximum absolute atomic E-state index is 12.8. The summed E-state index contributed by atoms with van der Waals surface area (Å²) < 4.78 is 5.90. The SMILES string of the molecule is O=C[B]N1C(=O)[C@@H](OCc2ccccc2)C[C@H]1Cc1ccc(-c2ccccc2)cc1. The van der Waals surface area contributed by atoms with Gasteiger partial charge in [-0.15, -0.1) is 0 Å². The number of hydrogen-bond donors (Lipinski definition) is 0. The van der Waals surface area contributed by atoms with Crippen molar-refractivity contribution < 1.29 is 14.3 Å². The Morgan fingerprint density at radius 3 is 2.17 bits per heavy atom. The Hall–Kier alpha value is -3.18. The number of hydrogen-bond acceptors (Lipinski definition) is 3. The molecule has 1 fully saturated rings. The predicted octanol–water partition coefficient (Wildman–Crippen LogP) is 3.89. The summed E-state index contributed by atoms with van der Waals surface area (Å²) in [5.41, 5.74) is 4.48. The molecule has 1 aliphatic rings. The zero-order valence-corrected chi connectivity index (χ0v) is 16.7. The largest absolute Gasteiger partial charge is 0.377 e. The van der Waals surface area contributed by atoms with Gasteiger partial charge in [0.1, 0.15) is 12.3 Å². The minimum Gasteiger partial charge on any atom is -0.377 e. The van der Waals surface area contributed by atoms with Crippen LogP contribution in [0.3, 0.4) is 0 Å². The normalized spacial score (nSPS) is 18.4. The molecular weight excluding hydrogens is 373 g/mol. The first-order valence-corrected chi connectivity index (χ1v) is 10.2. The molecule has 0 saturated carbocycles. The molecule has 1 amide bonds. The average Bonchev–Trinajstić information content (AvgIpc) is 3.09. The fourth-order valence-electron chi connectivity index (χ4n) is 3.90. The Balaban J connectivity index is 1.42. The lowest BCUT2D eigenvalue weighted by atomic mass is 9.91. The lowest BCUT2D eigenvalue weighted by Gasteiger charge is -2.22. The number of benzene rings is 3. The maximum Gasteiger partial charge on any atom is 0.331 e. The van der Waals surface area contributed by atoms with Crippen molar-refractivity contribution in [2.45, 2.75) is 31.6 Å². The van der Waals surface area contributed by atoms with Crippen molar-refractivity contribution in [3.8, 4) is 11.1 Å². The van der Waals surface area contributed by atoms with Gasteiger partial charge in [-0.25, -0.2) is 0 Å². The van der Waals surface area contributed by atoms with Crippen LogP contribution in [-0.2, 0) is 27.4 Å². The topological polar surface area (TPSA) is 46.6 Å². The van der Waals surface area contributed by atoms with Crippen LogP contribution in [0.25, 0.3) is 11.1 Å². The fourth-order valence-corrected chi connectivity index (χ4v) is 3.90. The fraction of sp³-hybridized carbons (Fsp3) is 0.200. The van der Waals surface area contributed by atoms with E-state index in [1.54, 1.807) is 0 Å². The first-order valence-electron chi connectivity index (χ1n) is 10.2. The molecule has 30 heavy (non-hydrogen) atoms. The molecule has 2 atom stereocenters. The van der Waals surface area contributed by atoms with Crippen molar-refractivity contribution in [2.24, 2.45) is 0 Å². The molecule has 0 N–H and O–H groups in total. The molecule has 1 aliphatic heterocycles. The summed E-state index contributed by atoms with van der Waals surface area (Å²) >= 11 is 0. The summed E-state index contributed by atoms with van der Waals surface area (Å²) in [6.07, 6.45) is 1.38. The standard InChI is InChI=1S/C25H23BNO3/c28-18-26-27-23(16-24(25(27)29)30-17-20-7-3-1-4-8-20)15-19-11-13-22(14-12-19)21-9-5-2-6-10-21/h1-14,18,23-24H,15-17H2/t23-,24+/m1/s1. The highest BCUT2D eigenvalue weighted by molar-refractivity contribution is 6.66. The Morgan fingerprint density at radius 1 is 0.867 bits per heavy atom. The molecule has 1 radical (unpaired) electrons. The van der Waals surface area contributed by atoms with Crippen LogP contribution in [0, 0.1) is 0 Å². The van der Waals surface area contributed by atoms with Crippen LogP contribution in [0.15, 0.2) is 84.9 Å². The summed E-state index contributed by atoms with van der Waals surface area (Å²) in [7, 11) is 1.33. The minimum atomic E-state index is -0.532. The second kappa shape index (κ2) is 9.55. The van der Waals surface area contributed by atoms with E-state index in [1.807, 2.05) is 48.5 Å². The molecular formula is C25H23BNO3. The van der Waals surface area contributed by atoms with E-state index >= 15 is 0 Å². The number of amides is 1. The maximum atomic E-state index is 12.8. The van der Waals surface area contributed by atoms with Crippen LogP contribution in [0.1, 0.15) is 17.5 Å². The Morgan fingerprint density at radius 2 is 1.50 bits per heavy atom. The van der Waals surface area contributed by atoms with Crippen LogP contribution < -0.4 is 0 Å². The molecule has 0 spiro atoms. The minimum absolute atomic E-state index is 0.0916. The van der Waals surface area contributed by atoms with Crippen LogP contribution in [0.5, 0.6) is 0 Å². The molecule has 4 rings (SSSR count). The van der Waals surface area contributed by atoms with E-state index in [9.17, 15) is 9.59 Å². The molecule has 3 aromatic carbocycles. The summed E-state index contributed by atoms with van der Waals surface area (Å²) in [6.45, 7) is 0.380. The third-order valence-electron chi connectivity index (χ3n) is 5.46. The zero-order valence-electron chi connectivity index (χ0n) is 16.7.